The van der Waals surface area contributed by atoms with Gasteiger partial charge in [-0.2, -0.15) is 4.99 Å². The van der Waals surface area contributed by atoms with Crippen molar-refractivity contribution in [1.82, 2.24) is 4.90 Å². The third-order valence-corrected chi connectivity index (χ3v) is 8.38. The summed E-state index contributed by atoms with van der Waals surface area (Å²) in [6.45, 7) is 2.52. The number of sulfone groups is 1. The number of thioether (sulfide) groups is 1. The van der Waals surface area contributed by atoms with Gasteiger partial charge in [0.15, 0.2) is 15.0 Å². The van der Waals surface area contributed by atoms with Crippen LogP contribution in [-0.2, 0) is 27.6 Å². The quantitative estimate of drug-likeness (QED) is 0.743. The maximum absolute atomic E-state index is 13.1. The number of aliphatic imine (C=N–C) groups is 1. The number of carbonyl (C=O) groups is 1. The largest absolute Gasteiger partial charge is 0.342 e. The molecule has 0 N–H and O–H groups in total. The summed E-state index contributed by atoms with van der Waals surface area (Å²) < 4.78 is 37.3. The summed E-state index contributed by atoms with van der Waals surface area (Å²) in [7, 11) is -3.08. The van der Waals surface area contributed by atoms with Crippen LogP contribution < -0.4 is 0 Å². The predicted octanol–water partition coefficient (Wildman–Crippen LogP) is 2.97. The minimum Gasteiger partial charge on any atom is -0.342 e. The Morgan fingerprint density at radius 2 is 1.76 bits per heavy atom. The van der Waals surface area contributed by atoms with Crippen LogP contribution in [0.3, 0.4) is 0 Å². The fourth-order valence-electron chi connectivity index (χ4n) is 3.63. The molecule has 29 heavy (non-hydrogen) atoms. The van der Waals surface area contributed by atoms with E-state index in [0.29, 0.717) is 17.3 Å². The summed E-state index contributed by atoms with van der Waals surface area (Å²) in [4.78, 5) is 18.8. The first-order chi connectivity index (χ1) is 13.8. The van der Waals surface area contributed by atoms with Gasteiger partial charge in [-0.3, -0.25) is 4.79 Å². The Bertz CT molecular complexity index is 1050. The summed E-state index contributed by atoms with van der Waals surface area (Å²) in [5, 5.41) is 0.463. The van der Waals surface area contributed by atoms with Crippen LogP contribution >= 0.6 is 11.8 Å². The number of nitrogens with zero attached hydrogens (tertiary/aromatic N) is 2. The second-order valence-electron chi connectivity index (χ2n) is 7.51. The Morgan fingerprint density at radius 1 is 1.10 bits per heavy atom. The zero-order chi connectivity index (χ0) is 20.6. The van der Waals surface area contributed by atoms with Crippen LogP contribution in [0, 0.1) is 12.7 Å². The van der Waals surface area contributed by atoms with Crippen molar-refractivity contribution in [2.24, 2.45) is 4.99 Å². The molecule has 152 valence electrons. The van der Waals surface area contributed by atoms with Crippen molar-refractivity contribution in [3.8, 4) is 0 Å². The lowest BCUT2D eigenvalue weighted by Crippen LogP contribution is -2.37. The van der Waals surface area contributed by atoms with Gasteiger partial charge in [-0.25, -0.2) is 12.8 Å². The van der Waals surface area contributed by atoms with Crippen molar-refractivity contribution in [3.05, 3.63) is 71.0 Å². The third-order valence-electron chi connectivity index (χ3n) is 5.14. The van der Waals surface area contributed by atoms with Gasteiger partial charge >= 0.3 is 0 Å². The molecule has 2 fully saturated rings. The van der Waals surface area contributed by atoms with Gasteiger partial charge < -0.3 is 4.90 Å². The number of carbonyl (C=O) groups excluding carboxylic acids is 1. The molecule has 2 aliphatic heterocycles. The van der Waals surface area contributed by atoms with Crippen molar-refractivity contribution >= 4 is 32.7 Å². The van der Waals surface area contributed by atoms with Crippen molar-refractivity contribution in [2.75, 3.05) is 11.5 Å². The number of rotatable bonds is 4. The van der Waals surface area contributed by atoms with Crippen LogP contribution in [-0.4, -0.2) is 47.2 Å². The molecule has 8 heteroatoms. The van der Waals surface area contributed by atoms with Gasteiger partial charge in [-0.1, -0.05) is 53.7 Å². The highest BCUT2D eigenvalue weighted by molar-refractivity contribution is 8.15. The fourth-order valence-corrected chi connectivity index (χ4v) is 7.60. The number of benzene rings is 2. The maximum Gasteiger partial charge on any atom is 0.252 e. The predicted molar refractivity (Wildman–Crippen MR) is 113 cm³/mol. The first-order valence-corrected chi connectivity index (χ1v) is 12.0. The number of amidine groups is 1. The number of halogens is 1. The minimum absolute atomic E-state index is 0.0797. The van der Waals surface area contributed by atoms with E-state index < -0.39 is 9.84 Å². The molecule has 0 bridgehead atoms. The first-order valence-electron chi connectivity index (χ1n) is 9.34. The van der Waals surface area contributed by atoms with E-state index in [1.165, 1.54) is 23.9 Å². The average molecular weight is 433 g/mol. The topological polar surface area (TPSA) is 66.8 Å². The molecular weight excluding hydrogens is 411 g/mol. The minimum atomic E-state index is -3.08. The molecule has 4 rings (SSSR count). The summed E-state index contributed by atoms with van der Waals surface area (Å²) >= 11 is 1.37. The Kier molecular flexibility index (Phi) is 5.48. The second kappa shape index (κ2) is 7.91. The van der Waals surface area contributed by atoms with E-state index in [-0.39, 0.29) is 40.9 Å². The van der Waals surface area contributed by atoms with Crippen molar-refractivity contribution in [1.29, 1.82) is 0 Å². The molecule has 2 aromatic carbocycles. The number of amides is 1. The van der Waals surface area contributed by atoms with Gasteiger partial charge in [0, 0.05) is 11.8 Å². The molecule has 2 atom stereocenters. The molecule has 2 saturated heterocycles. The number of hydrogen-bond donors (Lipinski definition) is 0. The van der Waals surface area contributed by atoms with Crippen LogP contribution in [0.5, 0.6) is 0 Å². The van der Waals surface area contributed by atoms with Crippen LogP contribution in [0.25, 0.3) is 0 Å². The molecular formula is C21H21FN2O3S2. The van der Waals surface area contributed by atoms with Gasteiger partial charge in [0.1, 0.15) is 5.82 Å². The molecule has 0 radical (unpaired) electrons. The van der Waals surface area contributed by atoms with Crippen molar-refractivity contribution in [2.45, 2.75) is 31.2 Å². The van der Waals surface area contributed by atoms with Crippen LogP contribution in [0.4, 0.5) is 4.39 Å². The first kappa shape index (κ1) is 20.1. The van der Waals surface area contributed by atoms with Gasteiger partial charge in [0.2, 0.25) is 0 Å². The highest BCUT2D eigenvalue weighted by Crippen LogP contribution is 2.39. The third kappa shape index (κ3) is 4.70. The second-order valence-corrected chi connectivity index (χ2v) is 10.9. The van der Waals surface area contributed by atoms with Crippen molar-refractivity contribution in [3.63, 3.8) is 0 Å². The Balaban J connectivity index is 1.56. The van der Waals surface area contributed by atoms with Crippen molar-refractivity contribution < 1.29 is 17.6 Å². The van der Waals surface area contributed by atoms with E-state index in [0.717, 1.165) is 11.1 Å². The Morgan fingerprint density at radius 3 is 2.45 bits per heavy atom. The molecule has 5 nitrogen and oxygen atoms in total. The molecule has 0 aromatic heterocycles. The molecule has 2 aliphatic rings. The summed E-state index contributed by atoms with van der Waals surface area (Å²) in [6, 6.07) is 13.6. The van der Waals surface area contributed by atoms with Gasteiger partial charge in [0.05, 0.1) is 24.0 Å². The standard InChI is InChI=1S/C21H21FN2O3S2/c1-14-2-4-16(5-3-14)11-24-18-12-29(26,27)13-19(18)28-21(24)23-20(25)10-15-6-8-17(22)9-7-15/h2-9,18-19H,10-13H2,1H3/t18-,19-/m0/s1. The van der Waals surface area contributed by atoms with Gasteiger partial charge in [0.25, 0.3) is 5.91 Å². The molecule has 0 unspecified atom stereocenters. The molecule has 0 spiro atoms. The van der Waals surface area contributed by atoms with E-state index in [1.807, 2.05) is 36.1 Å². The van der Waals surface area contributed by atoms with Crippen LogP contribution in [0.1, 0.15) is 16.7 Å². The summed E-state index contributed by atoms with van der Waals surface area (Å²) in [6.07, 6.45) is 0.0797. The molecule has 2 heterocycles. The Hall–Kier alpha value is -2.19. The van der Waals surface area contributed by atoms with E-state index >= 15 is 0 Å². The highest BCUT2D eigenvalue weighted by atomic mass is 32.2. The number of hydrogen-bond acceptors (Lipinski definition) is 4. The molecule has 0 aliphatic carbocycles. The molecule has 0 saturated carbocycles. The van der Waals surface area contributed by atoms with Crippen LogP contribution in [0.15, 0.2) is 53.5 Å². The van der Waals surface area contributed by atoms with Gasteiger partial charge in [-0.05, 0) is 30.2 Å². The van der Waals surface area contributed by atoms with Gasteiger partial charge in [-0.15, -0.1) is 0 Å². The fraction of sp³-hybridized carbons (Fsp3) is 0.333. The zero-order valence-corrected chi connectivity index (χ0v) is 17.5. The normalized spacial score (nSPS) is 24.1. The number of fused-ring (bicyclic) bond motifs is 1. The lowest BCUT2D eigenvalue weighted by Gasteiger charge is -2.24. The zero-order valence-electron chi connectivity index (χ0n) is 15.9. The summed E-state index contributed by atoms with van der Waals surface area (Å²) in [5.41, 5.74) is 2.88. The van der Waals surface area contributed by atoms with E-state index in [1.54, 1.807) is 12.1 Å². The van der Waals surface area contributed by atoms with E-state index in [9.17, 15) is 17.6 Å². The average Bonchev–Trinajstić information content (AvgIpc) is 3.11. The SMILES string of the molecule is Cc1ccc(CN2C(=NC(=O)Cc3ccc(F)cc3)S[C@H]3CS(=O)(=O)C[C@@H]32)cc1. The molecule has 1 amide bonds. The Labute approximate surface area is 173 Å². The van der Waals surface area contributed by atoms with E-state index in [4.69, 9.17) is 0 Å². The summed E-state index contributed by atoms with van der Waals surface area (Å²) in [5.74, 6) is -0.479. The van der Waals surface area contributed by atoms with E-state index in [2.05, 4.69) is 4.99 Å². The highest BCUT2D eigenvalue weighted by Gasteiger charge is 2.48. The number of aryl methyl sites for hydroxylation is 1. The smallest absolute Gasteiger partial charge is 0.252 e. The monoisotopic (exact) mass is 432 g/mol. The van der Waals surface area contributed by atoms with Crippen LogP contribution in [0.2, 0.25) is 0 Å². The maximum atomic E-state index is 13.1. The lowest BCUT2D eigenvalue weighted by molar-refractivity contribution is -0.117. The molecule has 2 aromatic rings. The lowest BCUT2D eigenvalue weighted by atomic mass is 10.1.